The lowest BCUT2D eigenvalue weighted by molar-refractivity contribution is -0.156. The lowest BCUT2D eigenvalue weighted by Crippen LogP contribution is -2.49. The molecule has 1 saturated heterocycles. The first-order valence-corrected chi connectivity index (χ1v) is 9.89. The Hall–Kier alpha value is -1.77. The van der Waals surface area contributed by atoms with Crippen LogP contribution in [0.2, 0.25) is 0 Å². The third-order valence-electron chi connectivity index (χ3n) is 3.77. The van der Waals surface area contributed by atoms with Crippen LogP contribution in [0.3, 0.4) is 0 Å². The smallest absolute Gasteiger partial charge is 0.312 e. The van der Waals surface area contributed by atoms with Crippen LogP contribution in [0.5, 0.6) is 0 Å². The third-order valence-corrected chi connectivity index (χ3v) is 5.40. The maximum atomic E-state index is 12.2. The van der Waals surface area contributed by atoms with Crippen LogP contribution in [0.15, 0.2) is 22.2 Å². The number of ether oxygens (including phenoxy) is 2. The summed E-state index contributed by atoms with van der Waals surface area (Å²) in [6, 6.07) is 1.99. The molecule has 0 aromatic carbocycles. The Morgan fingerprint density at radius 3 is 2.76 bits per heavy atom. The number of rotatable bonds is 5. The number of morpholine rings is 1. The molecule has 0 saturated carbocycles. The molecular weight excluding hydrogens is 360 g/mol. The molecule has 2 atom stereocenters. The Bertz CT molecular complexity index is 719. The van der Waals surface area contributed by atoms with Crippen molar-refractivity contribution < 1.29 is 19.1 Å². The van der Waals surface area contributed by atoms with Crippen LogP contribution in [0.25, 0.3) is 10.6 Å². The Morgan fingerprint density at radius 1 is 1.32 bits per heavy atom. The molecular formula is C17H20N2O4S2. The Morgan fingerprint density at radius 2 is 2.08 bits per heavy atom. The summed E-state index contributed by atoms with van der Waals surface area (Å²) >= 11 is 3.10. The van der Waals surface area contributed by atoms with Crippen LogP contribution < -0.4 is 0 Å². The van der Waals surface area contributed by atoms with Crippen LogP contribution in [0, 0.1) is 0 Å². The molecule has 134 valence electrons. The largest absolute Gasteiger partial charge is 0.455 e. The van der Waals surface area contributed by atoms with Gasteiger partial charge in [0.2, 0.25) is 0 Å². The predicted molar refractivity (Wildman–Crippen MR) is 96.7 cm³/mol. The highest BCUT2D eigenvalue weighted by molar-refractivity contribution is 7.14. The first-order valence-electron chi connectivity index (χ1n) is 8.07. The maximum absolute atomic E-state index is 12.2. The van der Waals surface area contributed by atoms with Crippen molar-refractivity contribution >= 4 is 34.6 Å². The molecule has 0 spiro atoms. The number of thiophene rings is 1. The van der Waals surface area contributed by atoms with Crippen LogP contribution in [0.4, 0.5) is 0 Å². The summed E-state index contributed by atoms with van der Waals surface area (Å²) in [6.07, 6.45) is 0.0620. The van der Waals surface area contributed by atoms with Gasteiger partial charge in [-0.25, -0.2) is 4.98 Å². The van der Waals surface area contributed by atoms with Gasteiger partial charge in [0.15, 0.2) is 6.61 Å². The highest BCUT2D eigenvalue weighted by Crippen LogP contribution is 2.25. The van der Waals surface area contributed by atoms with Crippen molar-refractivity contribution in [1.82, 2.24) is 9.88 Å². The molecule has 1 amide bonds. The molecule has 0 unspecified atom stereocenters. The van der Waals surface area contributed by atoms with Gasteiger partial charge in [-0.15, -0.1) is 11.3 Å². The molecule has 1 aliphatic heterocycles. The van der Waals surface area contributed by atoms with Gasteiger partial charge in [0.1, 0.15) is 5.01 Å². The highest BCUT2D eigenvalue weighted by atomic mass is 32.1. The maximum Gasteiger partial charge on any atom is 0.312 e. The number of thiazole rings is 1. The number of esters is 1. The Balaban J connectivity index is 1.47. The second-order valence-corrected chi connectivity index (χ2v) is 7.69. The fourth-order valence-corrected chi connectivity index (χ4v) is 4.25. The molecule has 1 fully saturated rings. The van der Waals surface area contributed by atoms with Crippen LogP contribution >= 0.6 is 22.7 Å². The van der Waals surface area contributed by atoms with Crippen LogP contribution in [0.1, 0.15) is 19.5 Å². The van der Waals surface area contributed by atoms with Crippen molar-refractivity contribution in [2.24, 2.45) is 0 Å². The van der Waals surface area contributed by atoms with Crippen molar-refractivity contribution in [1.29, 1.82) is 0 Å². The first kappa shape index (κ1) is 18.0. The van der Waals surface area contributed by atoms with Crippen LogP contribution in [-0.2, 0) is 25.5 Å². The molecule has 0 N–H and O–H groups in total. The van der Waals surface area contributed by atoms with Crippen molar-refractivity contribution in [3.8, 4) is 10.6 Å². The summed E-state index contributed by atoms with van der Waals surface area (Å²) < 4.78 is 10.7. The zero-order valence-corrected chi connectivity index (χ0v) is 15.8. The molecule has 0 aliphatic carbocycles. The third kappa shape index (κ3) is 4.87. The van der Waals surface area contributed by atoms with E-state index in [9.17, 15) is 9.59 Å². The second kappa shape index (κ2) is 8.07. The van der Waals surface area contributed by atoms with Gasteiger partial charge >= 0.3 is 5.97 Å². The van der Waals surface area contributed by atoms with E-state index < -0.39 is 5.97 Å². The van der Waals surface area contributed by atoms with Gasteiger partial charge in [0, 0.05) is 29.4 Å². The standard InChI is InChI=1S/C17H20N2O4S2/c1-11-6-19(7-12(2)23-11)15(20)8-22-16(21)5-14-10-25-17(18-14)13-3-4-24-9-13/h3-4,9-12H,5-8H2,1-2H3/t11-,12-/m1/s1. The highest BCUT2D eigenvalue weighted by Gasteiger charge is 2.26. The van der Waals surface area contributed by atoms with E-state index in [4.69, 9.17) is 9.47 Å². The number of hydrogen-bond acceptors (Lipinski definition) is 7. The van der Waals surface area contributed by atoms with E-state index in [1.807, 2.05) is 36.1 Å². The molecule has 2 aromatic heterocycles. The van der Waals surface area contributed by atoms with Crippen molar-refractivity contribution in [2.75, 3.05) is 19.7 Å². The molecule has 6 nitrogen and oxygen atoms in total. The second-order valence-electron chi connectivity index (χ2n) is 6.05. The zero-order chi connectivity index (χ0) is 17.8. The minimum Gasteiger partial charge on any atom is -0.455 e. The number of hydrogen-bond donors (Lipinski definition) is 0. The number of amides is 1. The summed E-state index contributed by atoms with van der Waals surface area (Å²) in [7, 11) is 0. The minimum atomic E-state index is -0.440. The van der Waals surface area contributed by atoms with E-state index >= 15 is 0 Å². The molecule has 3 heterocycles. The van der Waals surface area contributed by atoms with Gasteiger partial charge < -0.3 is 14.4 Å². The van der Waals surface area contributed by atoms with E-state index in [0.717, 1.165) is 10.6 Å². The van der Waals surface area contributed by atoms with E-state index in [-0.39, 0.29) is 31.1 Å². The van der Waals surface area contributed by atoms with Crippen molar-refractivity contribution in [3.05, 3.63) is 27.9 Å². The summed E-state index contributed by atoms with van der Waals surface area (Å²) in [5, 5.41) is 6.74. The molecule has 2 aromatic rings. The monoisotopic (exact) mass is 380 g/mol. The van der Waals surface area contributed by atoms with E-state index in [2.05, 4.69) is 4.98 Å². The van der Waals surface area contributed by atoms with E-state index in [1.54, 1.807) is 16.2 Å². The van der Waals surface area contributed by atoms with Gasteiger partial charge in [-0.3, -0.25) is 9.59 Å². The van der Waals surface area contributed by atoms with Gasteiger partial charge in [-0.05, 0) is 25.3 Å². The number of carbonyl (C=O) groups is 2. The minimum absolute atomic E-state index is 0.00562. The van der Waals surface area contributed by atoms with Crippen molar-refractivity contribution in [3.63, 3.8) is 0 Å². The average Bonchev–Trinajstić information content (AvgIpc) is 3.22. The average molecular weight is 380 g/mol. The lowest BCUT2D eigenvalue weighted by Gasteiger charge is -2.35. The Labute approximate surface area is 154 Å². The first-order chi connectivity index (χ1) is 12.0. The summed E-state index contributed by atoms with van der Waals surface area (Å²) in [5.74, 6) is -0.627. The fraction of sp³-hybridized carbons (Fsp3) is 0.471. The summed E-state index contributed by atoms with van der Waals surface area (Å²) in [4.78, 5) is 30.3. The van der Waals surface area contributed by atoms with E-state index in [1.165, 1.54) is 11.3 Å². The van der Waals surface area contributed by atoms with E-state index in [0.29, 0.717) is 18.8 Å². The lowest BCUT2D eigenvalue weighted by atomic mass is 10.2. The topological polar surface area (TPSA) is 68.7 Å². The molecule has 3 rings (SSSR count). The SMILES string of the molecule is C[C@@H]1CN(C(=O)COC(=O)Cc2csc(-c3ccsc3)n2)C[C@@H](C)O1. The van der Waals surface area contributed by atoms with Gasteiger partial charge in [-0.1, -0.05) is 0 Å². The Kier molecular flexibility index (Phi) is 5.82. The molecule has 1 aliphatic rings. The normalized spacial score (nSPS) is 20.5. The number of nitrogens with zero attached hydrogens (tertiary/aromatic N) is 2. The van der Waals surface area contributed by atoms with Crippen LogP contribution in [-0.4, -0.2) is 53.7 Å². The summed E-state index contributed by atoms with van der Waals surface area (Å²) in [5.41, 5.74) is 1.72. The molecule has 0 radical (unpaired) electrons. The van der Waals surface area contributed by atoms with Crippen molar-refractivity contribution in [2.45, 2.75) is 32.5 Å². The fourth-order valence-electron chi connectivity index (χ4n) is 2.72. The van der Waals surface area contributed by atoms with Gasteiger partial charge in [-0.2, -0.15) is 11.3 Å². The number of carbonyl (C=O) groups excluding carboxylic acids is 2. The quantitative estimate of drug-likeness (QED) is 0.746. The molecule has 25 heavy (non-hydrogen) atoms. The number of aromatic nitrogens is 1. The van der Waals surface area contributed by atoms with Gasteiger partial charge in [0.25, 0.3) is 5.91 Å². The molecule has 8 heteroatoms. The predicted octanol–water partition coefficient (Wildman–Crippen LogP) is 2.59. The zero-order valence-electron chi connectivity index (χ0n) is 14.1. The van der Waals surface area contributed by atoms with Gasteiger partial charge in [0.05, 0.1) is 24.3 Å². The summed E-state index contributed by atoms with van der Waals surface area (Å²) in [6.45, 7) is 4.66. The molecule has 0 bridgehead atoms.